The highest BCUT2D eigenvalue weighted by Crippen LogP contribution is 2.30. The minimum Gasteiger partial charge on any atom is -0.506 e. The lowest BCUT2D eigenvalue weighted by atomic mass is 10.2. The van der Waals surface area contributed by atoms with E-state index in [1.54, 1.807) is 25.3 Å². The summed E-state index contributed by atoms with van der Waals surface area (Å²) in [6, 6.07) is 10.7. The molecule has 2 aromatic carbocycles. The van der Waals surface area contributed by atoms with Crippen LogP contribution in [0.3, 0.4) is 0 Å². The van der Waals surface area contributed by atoms with Crippen molar-refractivity contribution in [2.45, 2.75) is 0 Å². The highest BCUT2D eigenvalue weighted by Gasteiger charge is 2.06. The molecule has 0 saturated carbocycles. The predicted molar refractivity (Wildman–Crippen MR) is 101 cm³/mol. The van der Waals surface area contributed by atoms with Crippen LogP contribution in [0.2, 0.25) is 0 Å². The Morgan fingerprint density at radius 1 is 1.33 bits per heavy atom. The van der Waals surface area contributed by atoms with Gasteiger partial charge in [-0.1, -0.05) is 28.1 Å². The zero-order valence-electron chi connectivity index (χ0n) is 12.7. The number of rotatable bonds is 6. The first-order chi connectivity index (χ1) is 11.5. The van der Waals surface area contributed by atoms with Crippen LogP contribution >= 0.6 is 31.9 Å². The van der Waals surface area contributed by atoms with Crippen LogP contribution in [-0.2, 0) is 4.79 Å². The largest absolute Gasteiger partial charge is 0.506 e. The van der Waals surface area contributed by atoms with Crippen LogP contribution < -0.4 is 15.5 Å². The first-order valence-electron chi connectivity index (χ1n) is 6.88. The van der Waals surface area contributed by atoms with Crippen molar-refractivity contribution in [3.05, 3.63) is 50.9 Å². The molecular weight excluding hydrogens is 442 g/mol. The van der Waals surface area contributed by atoms with Gasteiger partial charge in [0, 0.05) is 10.0 Å². The standard InChI is InChI=1S/C16H15Br2N3O3/c1-24-14-5-3-2-4-13(14)19-9-15(22)21-20-8-10-6-11(17)7-12(18)16(10)23/h2-8,19,23H,9H2,1H3,(H,21,22). The number of aromatic hydroxyl groups is 1. The van der Waals surface area contributed by atoms with Crippen molar-refractivity contribution < 1.29 is 14.6 Å². The van der Waals surface area contributed by atoms with Crippen LogP contribution in [-0.4, -0.2) is 30.9 Å². The topological polar surface area (TPSA) is 83.0 Å². The van der Waals surface area contributed by atoms with Crippen molar-refractivity contribution in [2.75, 3.05) is 19.0 Å². The fraction of sp³-hybridized carbons (Fsp3) is 0.125. The number of benzene rings is 2. The number of halogens is 2. The van der Waals surface area contributed by atoms with E-state index in [0.717, 1.165) is 4.47 Å². The first kappa shape index (κ1) is 18.3. The number of carbonyl (C=O) groups excluding carboxylic acids is 1. The highest BCUT2D eigenvalue weighted by molar-refractivity contribution is 9.11. The quantitative estimate of drug-likeness (QED) is 0.459. The molecule has 0 aromatic heterocycles. The smallest absolute Gasteiger partial charge is 0.259 e. The second-order valence-electron chi connectivity index (χ2n) is 4.67. The molecule has 0 unspecified atom stereocenters. The normalized spacial score (nSPS) is 10.6. The zero-order valence-corrected chi connectivity index (χ0v) is 15.9. The summed E-state index contributed by atoms with van der Waals surface area (Å²) < 4.78 is 6.50. The first-order valence-corrected chi connectivity index (χ1v) is 8.46. The second-order valence-corrected chi connectivity index (χ2v) is 6.44. The number of hydrogen-bond acceptors (Lipinski definition) is 5. The summed E-state index contributed by atoms with van der Waals surface area (Å²) in [4.78, 5) is 11.8. The zero-order chi connectivity index (χ0) is 17.5. The summed E-state index contributed by atoms with van der Waals surface area (Å²) in [5.41, 5.74) is 3.57. The van der Waals surface area contributed by atoms with Gasteiger partial charge in [-0.2, -0.15) is 5.10 Å². The third-order valence-electron chi connectivity index (χ3n) is 3.00. The molecule has 8 heteroatoms. The van der Waals surface area contributed by atoms with Gasteiger partial charge in [-0.25, -0.2) is 5.43 Å². The SMILES string of the molecule is COc1ccccc1NCC(=O)NN=Cc1cc(Br)cc(Br)c1O. The van der Waals surface area contributed by atoms with Gasteiger partial charge in [-0.05, 0) is 40.2 Å². The summed E-state index contributed by atoms with van der Waals surface area (Å²) in [5.74, 6) is 0.367. The third-order valence-corrected chi connectivity index (χ3v) is 4.06. The number of hydrogen-bond donors (Lipinski definition) is 3. The maximum Gasteiger partial charge on any atom is 0.259 e. The summed E-state index contributed by atoms with van der Waals surface area (Å²) >= 11 is 6.55. The molecule has 3 N–H and O–H groups in total. The van der Waals surface area contributed by atoms with Crippen LogP contribution in [0.4, 0.5) is 5.69 Å². The van der Waals surface area contributed by atoms with Crippen molar-refractivity contribution >= 4 is 49.7 Å². The van der Waals surface area contributed by atoms with Gasteiger partial charge >= 0.3 is 0 Å². The van der Waals surface area contributed by atoms with Gasteiger partial charge in [0.25, 0.3) is 5.91 Å². The molecule has 0 aliphatic heterocycles. The number of carbonyl (C=O) groups is 1. The van der Waals surface area contributed by atoms with Crippen LogP contribution in [0.5, 0.6) is 11.5 Å². The second kappa shape index (κ2) is 8.70. The molecule has 0 heterocycles. The Balaban J connectivity index is 1.92. The molecule has 0 bridgehead atoms. The molecule has 126 valence electrons. The van der Waals surface area contributed by atoms with Crippen LogP contribution in [0, 0.1) is 0 Å². The van der Waals surface area contributed by atoms with Gasteiger partial charge < -0.3 is 15.2 Å². The molecule has 0 aliphatic carbocycles. The lowest BCUT2D eigenvalue weighted by Crippen LogP contribution is -2.26. The average molecular weight is 457 g/mol. The van der Waals surface area contributed by atoms with Gasteiger partial charge in [0.15, 0.2) is 0 Å². The Hall–Kier alpha value is -2.06. The van der Waals surface area contributed by atoms with Crippen molar-refractivity contribution in [3.63, 3.8) is 0 Å². The Morgan fingerprint density at radius 2 is 2.08 bits per heavy atom. The molecule has 0 atom stereocenters. The number of amides is 1. The molecule has 24 heavy (non-hydrogen) atoms. The number of nitrogens with zero attached hydrogens (tertiary/aromatic N) is 1. The Labute approximate surface area is 156 Å². The number of ether oxygens (including phenoxy) is 1. The maximum atomic E-state index is 11.8. The molecule has 6 nitrogen and oxygen atoms in total. The monoisotopic (exact) mass is 455 g/mol. The van der Waals surface area contributed by atoms with Gasteiger partial charge in [0.1, 0.15) is 11.5 Å². The fourth-order valence-electron chi connectivity index (χ4n) is 1.86. The summed E-state index contributed by atoms with van der Waals surface area (Å²) in [7, 11) is 1.56. The van der Waals surface area contributed by atoms with Crippen molar-refractivity contribution in [3.8, 4) is 11.5 Å². The summed E-state index contributed by atoms with van der Waals surface area (Å²) in [6.45, 7) is 0.0336. The number of phenolic OH excluding ortho intramolecular Hbond substituents is 1. The maximum absolute atomic E-state index is 11.8. The van der Waals surface area contributed by atoms with E-state index in [1.807, 2.05) is 18.2 Å². The van der Waals surface area contributed by atoms with Crippen molar-refractivity contribution in [2.24, 2.45) is 5.10 Å². The molecule has 0 saturated heterocycles. The minimum atomic E-state index is -0.328. The van der Waals surface area contributed by atoms with Gasteiger partial charge in [-0.15, -0.1) is 0 Å². The van der Waals surface area contributed by atoms with E-state index in [-0.39, 0.29) is 18.2 Å². The van der Waals surface area contributed by atoms with Gasteiger partial charge in [0.05, 0.1) is 30.0 Å². The van der Waals surface area contributed by atoms with E-state index in [1.165, 1.54) is 6.21 Å². The minimum absolute atomic E-state index is 0.0336. The lowest BCUT2D eigenvalue weighted by Gasteiger charge is -2.09. The Kier molecular flexibility index (Phi) is 6.62. The number of methoxy groups -OCH3 is 1. The predicted octanol–water partition coefficient (Wildman–Crippen LogP) is 3.49. The van der Waals surface area contributed by atoms with Crippen LogP contribution in [0.25, 0.3) is 0 Å². The van der Waals surface area contributed by atoms with E-state index in [4.69, 9.17) is 4.74 Å². The lowest BCUT2D eigenvalue weighted by molar-refractivity contribution is -0.119. The van der Waals surface area contributed by atoms with Gasteiger partial charge in [-0.3, -0.25) is 4.79 Å². The molecule has 0 aliphatic rings. The van der Waals surface area contributed by atoms with Crippen molar-refractivity contribution in [1.82, 2.24) is 5.43 Å². The number of nitrogens with one attached hydrogen (secondary N) is 2. The van der Waals surface area contributed by atoms with E-state index in [9.17, 15) is 9.90 Å². The molecule has 2 rings (SSSR count). The summed E-state index contributed by atoms with van der Waals surface area (Å²) in [5, 5.41) is 16.7. The number of hydrazone groups is 1. The van der Waals surface area contributed by atoms with Gasteiger partial charge in [0.2, 0.25) is 0 Å². The molecule has 0 fully saturated rings. The van der Waals surface area contributed by atoms with E-state index >= 15 is 0 Å². The van der Waals surface area contributed by atoms with Crippen molar-refractivity contribution in [1.29, 1.82) is 0 Å². The number of anilines is 1. The average Bonchev–Trinajstić information content (AvgIpc) is 2.57. The van der Waals surface area contributed by atoms with Crippen LogP contribution in [0.15, 0.2) is 50.4 Å². The summed E-state index contributed by atoms with van der Waals surface area (Å²) in [6.07, 6.45) is 1.37. The Morgan fingerprint density at radius 3 is 2.83 bits per heavy atom. The van der Waals surface area contributed by atoms with E-state index in [0.29, 0.717) is 21.5 Å². The molecule has 0 radical (unpaired) electrons. The fourth-order valence-corrected chi connectivity index (χ4v) is 3.12. The van der Waals surface area contributed by atoms with E-state index in [2.05, 4.69) is 47.7 Å². The molecule has 0 spiro atoms. The number of phenols is 1. The third kappa shape index (κ3) is 4.97. The van der Waals surface area contributed by atoms with E-state index < -0.39 is 0 Å². The van der Waals surface area contributed by atoms with Crippen LogP contribution in [0.1, 0.15) is 5.56 Å². The molecular formula is C16H15Br2N3O3. The Bertz CT molecular complexity index is 766. The highest BCUT2D eigenvalue weighted by atomic mass is 79.9. The molecule has 1 amide bonds. The molecule has 2 aromatic rings. The number of para-hydroxylation sites is 2.